The molecule has 0 bridgehead atoms. The summed E-state index contributed by atoms with van der Waals surface area (Å²) in [5.74, 6) is -0.480. The van der Waals surface area contributed by atoms with Crippen LogP contribution in [0.15, 0.2) is 71.3 Å². The van der Waals surface area contributed by atoms with Gasteiger partial charge in [0.1, 0.15) is 0 Å². The van der Waals surface area contributed by atoms with Gasteiger partial charge in [-0.25, -0.2) is 8.42 Å². The summed E-state index contributed by atoms with van der Waals surface area (Å²) < 4.78 is 29.3. The molecule has 2 heterocycles. The lowest BCUT2D eigenvalue weighted by Crippen LogP contribution is -2.40. The van der Waals surface area contributed by atoms with E-state index in [9.17, 15) is 18.0 Å². The Morgan fingerprint density at radius 1 is 1.09 bits per heavy atom. The molecule has 1 aliphatic heterocycles. The number of carbonyl (C=O) groups excluding carboxylic acids is 2. The van der Waals surface area contributed by atoms with E-state index < -0.39 is 21.8 Å². The Hall–Kier alpha value is -3.39. The van der Waals surface area contributed by atoms with Gasteiger partial charge < -0.3 is 14.6 Å². The molecule has 7 nitrogen and oxygen atoms in total. The molecule has 0 saturated carbocycles. The summed E-state index contributed by atoms with van der Waals surface area (Å²) in [6.07, 6.45) is 1.83. The lowest BCUT2D eigenvalue weighted by atomic mass is 10.1. The minimum atomic E-state index is -3.17. The van der Waals surface area contributed by atoms with Gasteiger partial charge in [0.2, 0.25) is 0 Å². The number of rotatable bonds is 6. The maximum absolute atomic E-state index is 13.5. The summed E-state index contributed by atoms with van der Waals surface area (Å²) in [6.45, 7) is 2.14. The number of anilines is 1. The zero-order valence-corrected chi connectivity index (χ0v) is 18.5. The Bertz CT molecular complexity index is 1220. The zero-order valence-electron chi connectivity index (χ0n) is 17.7. The van der Waals surface area contributed by atoms with Crippen LogP contribution < -0.4 is 5.32 Å². The molecule has 1 aliphatic rings. The van der Waals surface area contributed by atoms with Gasteiger partial charge in [0.15, 0.2) is 15.6 Å². The summed E-state index contributed by atoms with van der Waals surface area (Å²) in [5.41, 5.74) is 2.59. The quantitative estimate of drug-likeness (QED) is 0.616. The Morgan fingerprint density at radius 2 is 1.88 bits per heavy atom. The van der Waals surface area contributed by atoms with Gasteiger partial charge in [-0.1, -0.05) is 36.4 Å². The number of furan rings is 1. The van der Waals surface area contributed by atoms with Crippen molar-refractivity contribution >= 4 is 27.3 Å². The second-order valence-corrected chi connectivity index (χ2v) is 10.2. The predicted molar refractivity (Wildman–Crippen MR) is 121 cm³/mol. The molecule has 1 saturated heterocycles. The molecular formula is C24H24N2O5S. The van der Waals surface area contributed by atoms with Crippen LogP contribution in [0, 0.1) is 6.92 Å². The van der Waals surface area contributed by atoms with Gasteiger partial charge in [-0.15, -0.1) is 0 Å². The molecule has 2 amide bonds. The molecule has 4 rings (SSSR count). The number of amides is 2. The van der Waals surface area contributed by atoms with E-state index in [-0.39, 0.29) is 23.2 Å². The smallest absolute Gasteiger partial charge is 0.291 e. The van der Waals surface area contributed by atoms with E-state index in [0.717, 1.165) is 11.1 Å². The van der Waals surface area contributed by atoms with Crippen molar-refractivity contribution in [3.63, 3.8) is 0 Å². The maximum atomic E-state index is 13.5. The molecule has 2 aromatic carbocycles. The minimum absolute atomic E-state index is 0.0421. The van der Waals surface area contributed by atoms with Gasteiger partial charge in [0.05, 0.1) is 17.8 Å². The molecule has 1 fully saturated rings. The lowest BCUT2D eigenvalue weighted by molar-refractivity contribution is 0.0680. The van der Waals surface area contributed by atoms with E-state index in [1.165, 1.54) is 6.26 Å². The third-order valence-electron chi connectivity index (χ3n) is 5.58. The van der Waals surface area contributed by atoms with Crippen molar-refractivity contribution in [1.82, 2.24) is 4.90 Å². The standard InChI is InChI=1S/C24H24N2O5S/c1-17-9-10-19(14-21(17)25-23(27)22-8-5-12-31-22)24(28)26(15-18-6-3-2-4-7-18)20-11-13-32(29,30)16-20/h2-10,12,14,20H,11,13,15-16H2,1H3,(H,25,27)/t20-/m0/s1. The molecule has 1 N–H and O–H groups in total. The largest absolute Gasteiger partial charge is 0.459 e. The third-order valence-corrected chi connectivity index (χ3v) is 7.33. The van der Waals surface area contributed by atoms with E-state index in [1.807, 2.05) is 37.3 Å². The highest BCUT2D eigenvalue weighted by Crippen LogP contribution is 2.25. The van der Waals surface area contributed by atoms with E-state index in [4.69, 9.17) is 4.42 Å². The number of carbonyl (C=O) groups is 2. The second-order valence-electron chi connectivity index (χ2n) is 7.94. The number of hydrogen-bond donors (Lipinski definition) is 1. The molecule has 3 aromatic rings. The van der Waals surface area contributed by atoms with Crippen LogP contribution >= 0.6 is 0 Å². The van der Waals surface area contributed by atoms with Crippen LogP contribution in [0.3, 0.4) is 0 Å². The van der Waals surface area contributed by atoms with E-state index >= 15 is 0 Å². The molecule has 0 unspecified atom stereocenters. The number of benzene rings is 2. The molecule has 0 aliphatic carbocycles. The van der Waals surface area contributed by atoms with Crippen LogP contribution in [0.25, 0.3) is 0 Å². The van der Waals surface area contributed by atoms with Gasteiger partial charge in [-0.3, -0.25) is 9.59 Å². The van der Waals surface area contributed by atoms with Gasteiger partial charge >= 0.3 is 0 Å². The number of hydrogen-bond acceptors (Lipinski definition) is 5. The number of sulfone groups is 1. The fraction of sp³-hybridized carbons (Fsp3) is 0.250. The minimum Gasteiger partial charge on any atom is -0.459 e. The highest BCUT2D eigenvalue weighted by molar-refractivity contribution is 7.91. The van der Waals surface area contributed by atoms with Crippen molar-refractivity contribution in [2.75, 3.05) is 16.8 Å². The SMILES string of the molecule is Cc1ccc(C(=O)N(Cc2ccccc2)[C@H]2CCS(=O)(=O)C2)cc1NC(=O)c1ccco1. The van der Waals surface area contributed by atoms with Gasteiger partial charge in [0, 0.05) is 23.8 Å². The molecule has 32 heavy (non-hydrogen) atoms. The van der Waals surface area contributed by atoms with Crippen molar-refractivity contribution in [3.05, 3.63) is 89.4 Å². The molecule has 0 spiro atoms. The molecule has 1 atom stereocenters. The summed E-state index contributed by atoms with van der Waals surface area (Å²) in [6, 6.07) is 17.4. The monoisotopic (exact) mass is 452 g/mol. The summed E-state index contributed by atoms with van der Waals surface area (Å²) in [7, 11) is -3.17. The Balaban J connectivity index is 1.62. The molecule has 1 aromatic heterocycles. The number of aryl methyl sites for hydroxylation is 1. The first-order chi connectivity index (χ1) is 15.3. The topological polar surface area (TPSA) is 96.7 Å². The van der Waals surface area contributed by atoms with Crippen LogP contribution in [0.5, 0.6) is 0 Å². The number of nitrogens with one attached hydrogen (secondary N) is 1. The van der Waals surface area contributed by atoms with Crippen molar-refractivity contribution in [3.8, 4) is 0 Å². The first-order valence-corrected chi connectivity index (χ1v) is 12.2. The molecule has 166 valence electrons. The Labute approximate surface area is 187 Å². The van der Waals surface area contributed by atoms with Gasteiger partial charge in [-0.05, 0) is 48.7 Å². The van der Waals surface area contributed by atoms with Crippen molar-refractivity contribution in [2.45, 2.75) is 25.9 Å². The average molecular weight is 453 g/mol. The van der Waals surface area contributed by atoms with Gasteiger partial charge in [-0.2, -0.15) is 0 Å². The predicted octanol–water partition coefficient (Wildman–Crippen LogP) is 3.67. The molecule has 0 radical (unpaired) electrons. The third kappa shape index (κ3) is 4.91. The summed E-state index contributed by atoms with van der Waals surface area (Å²) >= 11 is 0. The normalized spacial score (nSPS) is 17.1. The fourth-order valence-corrected chi connectivity index (χ4v) is 5.55. The summed E-state index contributed by atoms with van der Waals surface area (Å²) in [5, 5.41) is 2.78. The Morgan fingerprint density at radius 3 is 2.53 bits per heavy atom. The van der Waals surface area contributed by atoms with E-state index in [0.29, 0.717) is 24.2 Å². The van der Waals surface area contributed by atoms with Crippen LogP contribution in [-0.4, -0.2) is 42.7 Å². The van der Waals surface area contributed by atoms with E-state index in [2.05, 4.69) is 5.32 Å². The first kappa shape index (κ1) is 21.8. The van der Waals surface area contributed by atoms with Crippen molar-refractivity contribution in [2.24, 2.45) is 0 Å². The lowest BCUT2D eigenvalue weighted by Gasteiger charge is -2.29. The van der Waals surface area contributed by atoms with E-state index in [1.54, 1.807) is 35.2 Å². The first-order valence-electron chi connectivity index (χ1n) is 10.3. The highest BCUT2D eigenvalue weighted by Gasteiger charge is 2.35. The average Bonchev–Trinajstić information content (AvgIpc) is 3.43. The van der Waals surface area contributed by atoms with Crippen molar-refractivity contribution in [1.29, 1.82) is 0 Å². The van der Waals surface area contributed by atoms with Crippen LogP contribution in [0.4, 0.5) is 5.69 Å². The number of nitrogens with zero attached hydrogens (tertiary/aromatic N) is 1. The molecular weight excluding hydrogens is 428 g/mol. The van der Waals surface area contributed by atoms with Crippen LogP contribution in [0.1, 0.15) is 38.5 Å². The Kier molecular flexibility index (Phi) is 6.14. The fourth-order valence-electron chi connectivity index (χ4n) is 3.82. The maximum Gasteiger partial charge on any atom is 0.291 e. The molecule has 8 heteroatoms. The highest BCUT2D eigenvalue weighted by atomic mass is 32.2. The van der Waals surface area contributed by atoms with Gasteiger partial charge in [0.25, 0.3) is 11.8 Å². The zero-order chi connectivity index (χ0) is 22.7. The summed E-state index contributed by atoms with van der Waals surface area (Å²) in [4.78, 5) is 27.6. The van der Waals surface area contributed by atoms with Crippen LogP contribution in [-0.2, 0) is 16.4 Å². The second kappa shape index (κ2) is 9.00. The van der Waals surface area contributed by atoms with Crippen LogP contribution in [0.2, 0.25) is 0 Å². The van der Waals surface area contributed by atoms with Crippen molar-refractivity contribution < 1.29 is 22.4 Å².